The number of hydrogen-bond acceptors (Lipinski definition) is 3. The molecular weight excluding hydrogens is 352 g/mol. The van der Waals surface area contributed by atoms with Crippen molar-refractivity contribution in [2.75, 3.05) is 4.90 Å². The molecule has 4 aromatic rings. The van der Waals surface area contributed by atoms with Gasteiger partial charge in [0, 0.05) is 17.1 Å². The van der Waals surface area contributed by atoms with Crippen molar-refractivity contribution in [2.24, 2.45) is 0 Å². The van der Waals surface area contributed by atoms with Crippen LogP contribution in [-0.4, -0.2) is 15.9 Å². The highest BCUT2D eigenvalue weighted by Gasteiger charge is 2.24. The molecule has 0 aliphatic rings. The number of pyridine rings is 1. The molecule has 0 saturated carbocycles. The third kappa shape index (κ3) is 3.35. The van der Waals surface area contributed by atoms with E-state index < -0.39 is 0 Å². The van der Waals surface area contributed by atoms with Gasteiger partial charge in [-0.25, -0.2) is 0 Å². The third-order valence-corrected chi connectivity index (χ3v) is 4.69. The zero-order valence-electron chi connectivity index (χ0n) is 14.4. The minimum Gasteiger partial charge on any atom is -0.268 e. The van der Waals surface area contributed by atoms with Gasteiger partial charge in [0.15, 0.2) is 0 Å². The quantitative estimate of drug-likeness (QED) is 0.463. The molecule has 0 aliphatic heterocycles. The Balaban J connectivity index is 1.86. The van der Waals surface area contributed by atoms with Crippen molar-refractivity contribution >= 4 is 39.6 Å². The Morgan fingerprint density at radius 2 is 1.41 bits per heavy atom. The number of fused-ring (bicyclic) bond motifs is 1. The minimum atomic E-state index is -0.179. The number of thiocarbonyl (C=S) groups is 1. The molecule has 4 rings (SSSR count). The molecule has 0 saturated heterocycles. The van der Waals surface area contributed by atoms with E-state index in [9.17, 15) is 4.79 Å². The Morgan fingerprint density at radius 3 is 2.15 bits per heavy atom. The molecule has 4 heteroatoms. The predicted molar refractivity (Wildman–Crippen MR) is 113 cm³/mol. The number of para-hydroxylation sites is 1. The summed E-state index contributed by atoms with van der Waals surface area (Å²) >= 11 is 5.77. The van der Waals surface area contributed by atoms with Crippen molar-refractivity contribution < 1.29 is 4.79 Å². The first-order valence-corrected chi connectivity index (χ1v) is 8.99. The van der Waals surface area contributed by atoms with Crippen LogP contribution in [0.5, 0.6) is 0 Å². The normalized spacial score (nSPS) is 10.5. The summed E-state index contributed by atoms with van der Waals surface area (Å²) in [4.78, 5) is 19.7. The largest absolute Gasteiger partial charge is 0.268 e. The van der Waals surface area contributed by atoms with Crippen molar-refractivity contribution in [3.63, 3.8) is 0 Å². The zero-order valence-corrected chi connectivity index (χ0v) is 15.3. The first kappa shape index (κ1) is 17.1. The predicted octanol–water partition coefficient (Wildman–Crippen LogP) is 5.26. The Labute approximate surface area is 162 Å². The molecule has 0 unspecified atom stereocenters. The summed E-state index contributed by atoms with van der Waals surface area (Å²) < 4.78 is 0. The van der Waals surface area contributed by atoms with Gasteiger partial charge in [-0.2, -0.15) is 0 Å². The zero-order chi connectivity index (χ0) is 18.6. The van der Waals surface area contributed by atoms with E-state index in [0.717, 1.165) is 10.8 Å². The lowest BCUT2D eigenvalue weighted by atomic mass is 10.1. The first-order chi connectivity index (χ1) is 13.3. The topological polar surface area (TPSA) is 33.2 Å². The van der Waals surface area contributed by atoms with Crippen LogP contribution < -0.4 is 4.90 Å². The van der Waals surface area contributed by atoms with Crippen LogP contribution in [0.4, 0.5) is 5.69 Å². The van der Waals surface area contributed by atoms with Gasteiger partial charge < -0.3 is 0 Å². The Bertz CT molecular complexity index is 1110. The van der Waals surface area contributed by atoms with Crippen molar-refractivity contribution in [3.8, 4) is 0 Å². The second-order valence-corrected chi connectivity index (χ2v) is 6.41. The number of carbonyl (C=O) groups is 1. The molecule has 1 heterocycles. The monoisotopic (exact) mass is 368 g/mol. The summed E-state index contributed by atoms with van der Waals surface area (Å²) in [6, 6.07) is 28.4. The standard InChI is InChI=1S/C23H16N2OS/c26-22(18-10-3-1-4-11-18)25(19-12-5-2-6-13-19)23(27)21-20-14-8-7-9-17(20)15-16-24-21/h1-16H. The van der Waals surface area contributed by atoms with Crippen LogP contribution >= 0.6 is 12.2 Å². The van der Waals surface area contributed by atoms with Crippen LogP contribution in [0.15, 0.2) is 97.2 Å². The fourth-order valence-electron chi connectivity index (χ4n) is 3.01. The van der Waals surface area contributed by atoms with Gasteiger partial charge in [0.1, 0.15) is 10.7 Å². The van der Waals surface area contributed by atoms with E-state index in [4.69, 9.17) is 12.2 Å². The van der Waals surface area contributed by atoms with Crippen LogP contribution in [0, 0.1) is 0 Å². The summed E-state index contributed by atoms with van der Waals surface area (Å²) in [5.41, 5.74) is 1.91. The average Bonchev–Trinajstić information content (AvgIpc) is 2.74. The molecule has 130 valence electrons. The maximum atomic E-state index is 13.3. The number of aromatic nitrogens is 1. The van der Waals surface area contributed by atoms with E-state index in [0.29, 0.717) is 21.9 Å². The fourth-order valence-corrected chi connectivity index (χ4v) is 3.36. The van der Waals surface area contributed by atoms with Gasteiger partial charge in [-0.15, -0.1) is 0 Å². The molecule has 1 amide bonds. The smallest absolute Gasteiger partial charge is 0.263 e. The van der Waals surface area contributed by atoms with Gasteiger partial charge in [0.2, 0.25) is 0 Å². The molecule has 0 N–H and O–H groups in total. The summed E-state index contributed by atoms with van der Waals surface area (Å²) in [7, 11) is 0. The molecule has 3 nitrogen and oxygen atoms in total. The number of carbonyl (C=O) groups excluding carboxylic acids is 1. The van der Waals surface area contributed by atoms with E-state index in [1.54, 1.807) is 23.2 Å². The highest BCUT2D eigenvalue weighted by molar-refractivity contribution is 7.81. The van der Waals surface area contributed by atoms with Gasteiger partial charge in [-0.3, -0.25) is 14.7 Å². The van der Waals surface area contributed by atoms with Crippen molar-refractivity contribution in [1.29, 1.82) is 0 Å². The van der Waals surface area contributed by atoms with Crippen LogP contribution in [-0.2, 0) is 0 Å². The van der Waals surface area contributed by atoms with Gasteiger partial charge in [0.25, 0.3) is 5.91 Å². The van der Waals surface area contributed by atoms with Crippen molar-refractivity contribution in [1.82, 2.24) is 4.98 Å². The molecule has 27 heavy (non-hydrogen) atoms. The van der Waals surface area contributed by atoms with Crippen LogP contribution in [0.2, 0.25) is 0 Å². The maximum Gasteiger partial charge on any atom is 0.263 e. The Kier molecular flexibility index (Phi) is 4.73. The van der Waals surface area contributed by atoms with Gasteiger partial charge in [-0.1, -0.05) is 72.9 Å². The first-order valence-electron chi connectivity index (χ1n) is 8.58. The highest BCUT2D eigenvalue weighted by atomic mass is 32.1. The molecule has 1 aromatic heterocycles. The molecule has 0 bridgehead atoms. The minimum absolute atomic E-state index is 0.179. The molecule has 0 fully saturated rings. The fraction of sp³-hybridized carbons (Fsp3) is 0. The number of anilines is 1. The summed E-state index contributed by atoms with van der Waals surface area (Å²) in [6.07, 6.45) is 1.72. The van der Waals surface area contributed by atoms with Gasteiger partial charge >= 0.3 is 0 Å². The van der Waals surface area contributed by atoms with E-state index in [1.807, 2.05) is 78.9 Å². The lowest BCUT2D eigenvalue weighted by Gasteiger charge is -2.24. The molecule has 0 atom stereocenters. The molecule has 3 aromatic carbocycles. The number of amides is 1. The van der Waals surface area contributed by atoms with Crippen LogP contribution in [0.25, 0.3) is 10.8 Å². The second-order valence-electron chi connectivity index (χ2n) is 6.03. The van der Waals surface area contributed by atoms with Gasteiger partial charge in [0.05, 0.1) is 5.69 Å². The summed E-state index contributed by atoms with van der Waals surface area (Å²) in [5.74, 6) is -0.179. The van der Waals surface area contributed by atoms with Crippen LogP contribution in [0.1, 0.15) is 16.1 Å². The molecule has 0 spiro atoms. The number of nitrogens with zero attached hydrogens (tertiary/aromatic N) is 2. The van der Waals surface area contributed by atoms with E-state index in [-0.39, 0.29) is 5.91 Å². The SMILES string of the molecule is O=C(c1ccccc1)N(C(=S)c1nccc2ccccc12)c1ccccc1. The van der Waals surface area contributed by atoms with Crippen molar-refractivity contribution in [3.05, 3.63) is 108 Å². The lowest BCUT2D eigenvalue weighted by molar-refractivity contribution is 0.100. The average molecular weight is 368 g/mol. The number of benzene rings is 3. The number of rotatable bonds is 3. The van der Waals surface area contributed by atoms with Gasteiger partial charge in [-0.05, 0) is 35.7 Å². The van der Waals surface area contributed by atoms with Crippen LogP contribution in [0.3, 0.4) is 0 Å². The second kappa shape index (κ2) is 7.48. The summed E-state index contributed by atoms with van der Waals surface area (Å²) in [6.45, 7) is 0. The Hall–Kier alpha value is -3.37. The van der Waals surface area contributed by atoms with E-state index >= 15 is 0 Å². The maximum absolute atomic E-state index is 13.3. The molecule has 0 aliphatic carbocycles. The van der Waals surface area contributed by atoms with E-state index in [1.165, 1.54) is 0 Å². The Morgan fingerprint density at radius 1 is 0.778 bits per heavy atom. The van der Waals surface area contributed by atoms with Crippen molar-refractivity contribution in [2.45, 2.75) is 0 Å². The number of hydrogen-bond donors (Lipinski definition) is 0. The lowest BCUT2D eigenvalue weighted by Crippen LogP contribution is -2.37. The third-order valence-electron chi connectivity index (χ3n) is 4.32. The molecular formula is C23H16N2OS. The summed E-state index contributed by atoms with van der Waals surface area (Å²) in [5, 5.41) is 1.96. The highest BCUT2D eigenvalue weighted by Crippen LogP contribution is 2.24. The van der Waals surface area contributed by atoms with E-state index in [2.05, 4.69) is 4.98 Å². The molecule has 0 radical (unpaired) electrons.